The molecule has 0 spiro atoms. The van der Waals surface area contributed by atoms with Gasteiger partial charge in [-0.05, 0) is 30.5 Å². The van der Waals surface area contributed by atoms with Crippen molar-refractivity contribution in [1.29, 1.82) is 0 Å². The Hall–Kier alpha value is -2.30. The van der Waals surface area contributed by atoms with E-state index in [0.717, 1.165) is 15.3 Å². The van der Waals surface area contributed by atoms with Crippen molar-refractivity contribution in [2.75, 3.05) is 0 Å². The monoisotopic (exact) mass is 397 g/mol. The van der Waals surface area contributed by atoms with E-state index in [1.165, 1.54) is 26.2 Å². The fourth-order valence-corrected chi connectivity index (χ4v) is 4.75. The molecule has 27 heavy (non-hydrogen) atoms. The fraction of sp³-hybridized carbons (Fsp3) is 0.412. The van der Waals surface area contributed by atoms with Crippen LogP contribution in [0.3, 0.4) is 0 Å². The molecule has 1 aromatic heterocycles. The van der Waals surface area contributed by atoms with Crippen LogP contribution in [0, 0.1) is 5.82 Å². The van der Waals surface area contributed by atoms with Crippen LogP contribution < -0.4 is 16.0 Å². The van der Waals surface area contributed by atoms with Crippen LogP contribution in [0.25, 0.3) is 0 Å². The maximum atomic E-state index is 13.3. The number of sulfonamides is 1. The summed E-state index contributed by atoms with van der Waals surface area (Å²) in [6.45, 7) is 0. The summed E-state index contributed by atoms with van der Waals surface area (Å²) in [6, 6.07) is 5.30. The predicted molar refractivity (Wildman–Crippen MR) is 95.3 cm³/mol. The number of nitrogens with one attached hydrogen (secondary N) is 1. The van der Waals surface area contributed by atoms with Gasteiger partial charge in [-0.3, -0.25) is 9.36 Å². The third-order valence-corrected chi connectivity index (χ3v) is 6.20. The SMILES string of the molecule is Cn1cc(S(=O)(=O)NC2CC(O)(Cc3cccc(F)c3)C2)c(=O)n(C)c1=O. The Morgan fingerprint density at radius 3 is 2.59 bits per heavy atom. The molecule has 1 heterocycles. The molecular formula is C17H20FN3O5S. The zero-order valence-electron chi connectivity index (χ0n) is 14.8. The summed E-state index contributed by atoms with van der Waals surface area (Å²) in [4.78, 5) is 23.3. The number of rotatable bonds is 5. The van der Waals surface area contributed by atoms with Gasteiger partial charge < -0.3 is 9.67 Å². The van der Waals surface area contributed by atoms with Crippen molar-refractivity contribution < 1.29 is 17.9 Å². The molecule has 10 heteroatoms. The van der Waals surface area contributed by atoms with Crippen molar-refractivity contribution in [1.82, 2.24) is 13.9 Å². The number of aromatic nitrogens is 2. The van der Waals surface area contributed by atoms with Gasteiger partial charge in [0.05, 0.1) is 5.60 Å². The van der Waals surface area contributed by atoms with Gasteiger partial charge in [-0.25, -0.2) is 22.3 Å². The van der Waals surface area contributed by atoms with Crippen LogP contribution in [0.1, 0.15) is 18.4 Å². The van der Waals surface area contributed by atoms with E-state index in [9.17, 15) is 27.5 Å². The molecule has 8 nitrogen and oxygen atoms in total. The van der Waals surface area contributed by atoms with E-state index >= 15 is 0 Å². The molecule has 146 valence electrons. The molecule has 0 atom stereocenters. The molecule has 1 saturated carbocycles. The summed E-state index contributed by atoms with van der Waals surface area (Å²) >= 11 is 0. The summed E-state index contributed by atoms with van der Waals surface area (Å²) in [7, 11) is -1.61. The molecule has 1 aliphatic carbocycles. The minimum atomic E-state index is -4.16. The van der Waals surface area contributed by atoms with E-state index in [2.05, 4.69) is 4.72 Å². The van der Waals surface area contributed by atoms with Crippen molar-refractivity contribution in [3.8, 4) is 0 Å². The van der Waals surface area contributed by atoms with Gasteiger partial charge in [0.15, 0.2) is 4.90 Å². The molecule has 2 N–H and O–H groups in total. The first-order chi connectivity index (χ1) is 12.5. The number of aryl methyl sites for hydroxylation is 1. The second kappa shape index (κ2) is 6.70. The molecular weight excluding hydrogens is 377 g/mol. The molecule has 0 aliphatic heterocycles. The normalized spacial score (nSPS) is 22.4. The van der Waals surface area contributed by atoms with Crippen molar-refractivity contribution in [2.45, 2.75) is 35.8 Å². The molecule has 0 saturated heterocycles. The highest BCUT2D eigenvalue weighted by Crippen LogP contribution is 2.36. The first-order valence-electron chi connectivity index (χ1n) is 8.27. The van der Waals surface area contributed by atoms with Crippen molar-refractivity contribution in [3.63, 3.8) is 0 Å². The minimum absolute atomic E-state index is 0.134. The molecule has 1 aromatic carbocycles. The van der Waals surface area contributed by atoms with Gasteiger partial charge in [0.2, 0.25) is 10.0 Å². The zero-order valence-corrected chi connectivity index (χ0v) is 15.7. The Balaban J connectivity index is 1.72. The Labute approximate surface area is 154 Å². The Morgan fingerprint density at radius 2 is 1.96 bits per heavy atom. The number of hydrogen-bond acceptors (Lipinski definition) is 5. The summed E-state index contributed by atoms with van der Waals surface area (Å²) in [5, 5.41) is 10.5. The zero-order chi connectivity index (χ0) is 20.0. The van der Waals surface area contributed by atoms with E-state index in [-0.39, 0.29) is 19.3 Å². The molecule has 0 unspecified atom stereocenters. The van der Waals surface area contributed by atoms with Crippen LogP contribution in [0.4, 0.5) is 4.39 Å². The fourth-order valence-electron chi connectivity index (χ4n) is 3.35. The van der Waals surface area contributed by atoms with Gasteiger partial charge >= 0.3 is 5.69 Å². The lowest BCUT2D eigenvalue weighted by molar-refractivity contribution is -0.0495. The summed E-state index contributed by atoms with van der Waals surface area (Å²) < 4.78 is 42.4. The number of hydrogen-bond donors (Lipinski definition) is 2. The quantitative estimate of drug-likeness (QED) is 0.716. The number of nitrogens with zero attached hydrogens (tertiary/aromatic N) is 2. The predicted octanol–water partition coefficient (Wildman–Crippen LogP) is -0.362. The van der Waals surface area contributed by atoms with Crippen molar-refractivity contribution in [2.24, 2.45) is 14.1 Å². The number of benzene rings is 1. The van der Waals surface area contributed by atoms with E-state index < -0.39 is 43.6 Å². The van der Waals surface area contributed by atoms with E-state index in [1.807, 2.05) is 0 Å². The number of aliphatic hydroxyl groups is 1. The topological polar surface area (TPSA) is 110 Å². The highest BCUT2D eigenvalue weighted by atomic mass is 32.2. The standard InChI is InChI=1S/C17H20FN3O5S/c1-20-10-14(15(22)21(2)16(20)23)27(25,26)19-13-8-17(24,9-13)7-11-4-3-5-12(18)6-11/h3-6,10,13,19,24H,7-9H2,1-2H3. The van der Waals surface area contributed by atoms with Crippen LogP contribution >= 0.6 is 0 Å². The van der Waals surface area contributed by atoms with E-state index in [1.54, 1.807) is 12.1 Å². The highest BCUT2D eigenvalue weighted by Gasteiger charge is 2.44. The second-order valence-electron chi connectivity index (χ2n) is 7.01. The van der Waals surface area contributed by atoms with Gasteiger partial charge in [-0.15, -0.1) is 0 Å². The average Bonchev–Trinajstić information content (AvgIpc) is 2.54. The van der Waals surface area contributed by atoms with Crippen molar-refractivity contribution in [3.05, 3.63) is 62.7 Å². The third-order valence-electron chi connectivity index (χ3n) is 4.70. The van der Waals surface area contributed by atoms with Crippen LogP contribution in [-0.4, -0.2) is 34.3 Å². The maximum Gasteiger partial charge on any atom is 0.330 e. The summed E-state index contributed by atoms with van der Waals surface area (Å²) in [6.07, 6.45) is 1.44. The lowest BCUT2D eigenvalue weighted by Crippen LogP contribution is -2.56. The molecule has 1 fully saturated rings. The van der Waals surface area contributed by atoms with Crippen LogP contribution in [0.2, 0.25) is 0 Å². The lowest BCUT2D eigenvalue weighted by atomic mass is 9.72. The molecule has 1 aliphatic rings. The average molecular weight is 397 g/mol. The molecule has 0 bridgehead atoms. The summed E-state index contributed by atoms with van der Waals surface area (Å²) in [5.41, 5.74) is -2.08. The Kier molecular flexibility index (Phi) is 4.83. The Morgan fingerprint density at radius 1 is 1.30 bits per heavy atom. The second-order valence-corrected chi connectivity index (χ2v) is 8.69. The molecule has 0 radical (unpaired) electrons. The third kappa shape index (κ3) is 3.87. The molecule has 2 aromatic rings. The van der Waals surface area contributed by atoms with Crippen LogP contribution in [0.5, 0.6) is 0 Å². The lowest BCUT2D eigenvalue weighted by Gasteiger charge is -2.43. The van der Waals surface area contributed by atoms with Gasteiger partial charge in [0.1, 0.15) is 5.82 Å². The van der Waals surface area contributed by atoms with Crippen molar-refractivity contribution >= 4 is 10.0 Å². The van der Waals surface area contributed by atoms with Gasteiger partial charge in [-0.1, -0.05) is 12.1 Å². The molecule has 3 rings (SSSR count). The largest absolute Gasteiger partial charge is 0.389 e. The van der Waals surface area contributed by atoms with Crippen LogP contribution in [0.15, 0.2) is 44.9 Å². The molecule has 0 amide bonds. The van der Waals surface area contributed by atoms with E-state index in [4.69, 9.17) is 0 Å². The van der Waals surface area contributed by atoms with Gasteiger partial charge in [0.25, 0.3) is 5.56 Å². The minimum Gasteiger partial charge on any atom is -0.389 e. The summed E-state index contributed by atoms with van der Waals surface area (Å²) in [5.74, 6) is -0.404. The van der Waals surface area contributed by atoms with Gasteiger partial charge in [0, 0.05) is 32.8 Å². The van der Waals surface area contributed by atoms with E-state index in [0.29, 0.717) is 5.56 Å². The maximum absolute atomic E-state index is 13.3. The number of halogens is 1. The smallest absolute Gasteiger partial charge is 0.330 e. The first kappa shape index (κ1) is 19.5. The van der Waals surface area contributed by atoms with Gasteiger partial charge in [-0.2, -0.15) is 0 Å². The Bertz CT molecular complexity index is 1100. The highest BCUT2D eigenvalue weighted by molar-refractivity contribution is 7.89. The first-order valence-corrected chi connectivity index (χ1v) is 9.75. The van der Waals surface area contributed by atoms with Crippen LogP contribution in [-0.2, 0) is 30.5 Å².